The van der Waals surface area contributed by atoms with Gasteiger partial charge < -0.3 is 19.5 Å². The molecular weight excluding hydrogens is 308 g/mol. The number of aromatic amines is 1. The molecule has 1 fully saturated rings. The summed E-state index contributed by atoms with van der Waals surface area (Å²) in [5.74, 6) is 1.57. The minimum absolute atomic E-state index is 0.251. The molecule has 1 unspecified atom stereocenters. The molecule has 0 aliphatic heterocycles. The third-order valence-electron chi connectivity index (χ3n) is 4.16. The lowest BCUT2D eigenvalue weighted by Crippen LogP contribution is -2.32. The van der Waals surface area contributed by atoms with Crippen molar-refractivity contribution < 1.29 is 13.9 Å². The van der Waals surface area contributed by atoms with Crippen molar-refractivity contribution in [3.63, 3.8) is 0 Å². The van der Waals surface area contributed by atoms with Crippen molar-refractivity contribution in [2.45, 2.75) is 38.1 Å². The van der Waals surface area contributed by atoms with Crippen LogP contribution in [0.1, 0.15) is 59.3 Å². The highest BCUT2D eigenvalue weighted by Crippen LogP contribution is 2.38. The molecule has 1 aliphatic carbocycles. The van der Waals surface area contributed by atoms with Gasteiger partial charge in [-0.3, -0.25) is 9.59 Å². The first-order valence-corrected chi connectivity index (χ1v) is 8.23. The van der Waals surface area contributed by atoms with E-state index < -0.39 is 6.04 Å². The number of carbonyl (C=O) groups excluding carboxylic acids is 1. The second-order valence-electron chi connectivity index (χ2n) is 6.10. The monoisotopic (exact) mass is 330 g/mol. The normalized spacial score (nSPS) is 15.2. The molecule has 6 nitrogen and oxygen atoms in total. The van der Waals surface area contributed by atoms with Crippen LogP contribution in [-0.4, -0.2) is 24.6 Å². The lowest BCUT2D eigenvalue weighted by Gasteiger charge is -2.16. The quantitative estimate of drug-likeness (QED) is 0.817. The average molecular weight is 330 g/mol. The van der Waals surface area contributed by atoms with Crippen LogP contribution < -0.4 is 10.9 Å². The molecule has 24 heavy (non-hydrogen) atoms. The van der Waals surface area contributed by atoms with Gasteiger partial charge in [-0.05, 0) is 37.0 Å². The predicted molar refractivity (Wildman–Crippen MR) is 89.2 cm³/mol. The summed E-state index contributed by atoms with van der Waals surface area (Å²) in [5, 5.41) is 2.89. The van der Waals surface area contributed by atoms with E-state index in [0.717, 1.165) is 30.7 Å². The van der Waals surface area contributed by atoms with Crippen molar-refractivity contribution in [2.75, 3.05) is 13.7 Å². The van der Waals surface area contributed by atoms with E-state index in [0.29, 0.717) is 23.8 Å². The fraction of sp³-hybridized carbons (Fsp3) is 0.444. The molecule has 0 spiro atoms. The van der Waals surface area contributed by atoms with Crippen molar-refractivity contribution in [2.24, 2.45) is 0 Å². The van der Waals surface area contributed by atoms with Crippen molar-refractivity contribution in [1.29, 1.82) is 0 Å². The topological polar surface area (TPSA) is 84.3 Å². The minimum atomic E-state index is -0.397. The Balaban J connectivity index is 1.79. The highest BCUT2D eigenvalue weighted by atomic mass is 16.5. The van der Waals surface area contributed by atoms with Gasteiger partial charge in [0, 0.05) is 30.9 Å². The van der Waals surface area contributed by atoms with Gasteiger partial charge in [-0.25, -0.2) is 0 Å². The van der Waals surface area contributed by atoms with E-state index in [4.69, 9.17) is 9.15 Å². The molecule has 128 valence electrons. The molecule has 2 aromatic heterocycles. The summed E-state index contributed by atoms with van der Waals surface area (Å²) in [6.07, 6.45) is 2.89. The number of carbonyl (C=O) groups is 1. The smallest absolute Gasteiger partial charge is 0.252 e. The van der Waals surface area contributed by atoms with Crippen LogP contribution in [0.25, 0.3) is 0 Å². The number of aryl methyl sites for hydroxylation is 1. The molecule has 0 saturated heterocycles. The number of pyridine rings is 1. The van der Waals surface area contributed by atoms with Gasteiger partial charge in [0.1, 0.15) is 17.6 Å². The Morgan fingerprint density at radius 1 is 1.42 bits per heavy atom. The van der Waals surface area contributed by atoms with Gasteiger partial charge in [0.05, 0.1) is 6.61 Å². The zero-order chi connectivity index (χ0) is 17.1. The lowest BCUT2D eigenvalue weighted by molar-refractivity contribution is 0.0882. The molecule has 3 rings (SSSR count). The number of ether oxygens (including phenoxy) is 1. The summed E-state index contributed by atoms with van der Waals surface area (Å²) in [6, 6.07) is 6.42. The molecule has 0 aromatic carbocycles. The maximum Gasteiger partial charge on any atom is 0.252 e. The van der Waals surface area contributed by atoms with Gasteiger partial charge >= 0.3 is 0 Å². The Kier molecular flexibility index (Phi) is 4.85. The second kappa shape index (κ2) is 7.05. The fourth-order valence-corrected chi connectivity index (χ4v) is 2.69. The van der Waals surface area contributed by atoms with Crippen molar-refractivity contribution in [1.82, 2.24) is 10.3 Å². The zero-order valence-electron chi connectivity index (χ0n) is 13.9. The van der Waals surface area contributed by atoms with Gasteiger partial charge in [-0.2, -0.15) is 0 Å². The Morgan fingerprint density at radius 3 is 2.83 bits per heavy atom. The summed E-state index contributed by atoms with van der Waals surface area (Å²) in [4.78, 5) is 27.2. The number of nitrogens with one attached hydrogen (secondary N) is 2. The van der Waals surface area contributed by atoms with Crippen LogP contribution >= 0.6 is 0 Å². The first kappa shape index (κ1) is 16.5. The van der Waals surface area contributed by atoms with Crippen LogP contribution in [-0.2, 0) is 11.2 Å². The first-order valence-electron chi connectivity index (χ1n) is 8.23. The largest absolute Gasteiger partial charge is 0.464 e. The first-order chi connectivity index (χ1) is 11.6. The summed E-state index contributed by atoms with van der Waals surface area (Å²) in [6.45, 7) is 2.29. The Labute approximate surface area is 140 Å². The number of H-pyrrole nitrogens is 1. The minimum Gasteiger partial charge on any atom is -0.464 e. The maximum atomic E-state index is 12.6. The molecule has 1 amide bonds. The van der Waals surface area contributed by atoms with E-state index in [-0.39, 0.29) is 11.5 Å². The van der Waals surface area contributed by atoms with E-state index in [9.17, 15) is 9.59 Å². The third-order valence-corrected chi connectivity index (χ3v) is 4.16. The van der Waals surface area contributed by atoms with Crippen LogP contribution in [0, 0.1) is 0 Å². The number of rotatable bonds is 7. The summed E-state index contributed by atoms with van der Waals surface area (Å²) >= 11 is 0. The Bertz CT molecular complexity index is 773. The van der Waals surface area contributed by atoms with Crippen LogP contribution in [0.2, 0.25) is 0 Å². The predicted octanol–water partition coefficient (Wildman–Crippen LogP) is 2.53. The van der Waals surface area contributed by atoms with E-state index in [1.807, 2.05) is 19.1 Å². The average Bonchev–Trinajstić information content (AvgIpc) is 3.31. The molecular formula is C18H22N2O4. The molecule has 1 atom stereocenters. The molecule has 0 radical (unpaired) electrons. The van der Waals surface area contributed by atoms with Gasteiger partial charge in [-0.15, -0.1) is 0 Å². The lowest BCUT2D eigenvalue weighted by atomic mass is 10.1. The van der Waals surface area contributed by atoms with Gasteiger partial charge in [0.25, 0.3) is 5.91 Å². The zero-order valence-corrected chi connectivity index (χ0v) is 13.9. The van der Waals surface area contributed by atoms with Crippen LogP contribution in [0.15, 0.2) is 33.5 Å². The number of hydrogen-bond donors (Lipinski definition) is 2. The number of amides is 1. The summed E-state index contributed by atoms with van der Waals surface area (Å²) in [7, 11) is 1.57. The third kappa shape index (κ3) is 3.76. The van der Waals surface area contributed by atoms with Crippen LogP contribution in [0.3, 0.4) is 0 Å². The maximum absolute atomic E-state index is 12.6. The van der Waals surface area contributed by atoms with E-state index >= 15 is 0 Å². The molecule has 0 bridgehead atoms. The van der Waals surface area contributed by atoms with Crippen LogP contribution in [0.5, 0.6) is 0 Å². The Hall–Kier alpha value is -2.34. The number of methoxy groups -OCH3 is 1. The molecule has 1 aliphatic rings. The van der Waals surface area contributed by atoms with Gasteiger partial charge in [-0.1, -0.05) is 6.92 Å². The molecule has 2 heterocycles. The van der Waals surface area contributed by atoms with Gasteiger partial charge in [0.2, 0.25) is 5.56 Å². The van der Waals surface area contributed by atoms with E-state index in [1.165, 1.54) is 6.07 Å². The summed E-state index contributed by atoms with van der Waals surface area (Å²) in [5.41, 5.74) is 0.949. The van der Waals surface area contributed by atoms with Crippen molar-refractivity contribution in [3.8, 4) is 0 Å². The number of aromatic nitrogens is 1. The van der Waals surface area contributed by atoms with E-state index in [2.05, 4.69) is 10.3 Å². The SMILES string of the molecule is CCc1ccc(C(COC)NC(=O)c2cc(C3CC3)[nH]c(=O)c2)o1. The fourth-order valence-electron chi connectivity index (χ4n) is 2.69. The van der Waals surface area contributed by atoms with Crippen molar-refractivity contribution in [3.05, 3.63) is 57.4 Å². The summed E-state index contributed by atoms with van der Waals surface area (Å²) < 4.78 is 10.9. The van der Waals surface area contributed by atoms with E-state index in [1.54, 1.807) is 13.2 Å². The Morgan fingerprint density at radius 2 is 2.21 bits per heavy atom. The molecule has 6 heteroatoms. The molecule has 2 N–H and O–H groups in total. The standard InChI is InChI=1S/C18H22N2O4/c1-3-13-6-7-16(24-13)15(10-23-2)20-18(22)12-8-14(11-4-5-11)19-17(21)9-12/h6-9,11,15H,3-5,10H2,1-2H3,(H,19,21)(H,20,22). The second-order valence-corrected chi connectivity index (χ2v) is 6.10. The van der Waals surface area contributed by atoms with Crippen molar-refractivity contribution >= 4 is 5.91 Å². The highest BCUT2D eigenvalue weighted by Gasteiger charge is 2.26. The van der Waals surface area contributed by atoms with Gasteiger partial charge in [0.15, 0.2) is 0 Å². The van der Waals surface area contributed by atoms with Crippen LogP contribution in [0.4, 0.5) is 0 Å². The number of hydrogen-bond acceptors (Lipinski definition) is 4. The number of furan rings is 1. The molecule has 2 aromatic rings. The highest BCUT2D eigenvalue weighted by molar-refractivity contribution is 5.94. The molecule has 1 saturated carbocycles.